The first kappa shape index (κ1) is 13.2. The Morgan fingerprint density at radius 1 is 1.39 bits per heavy atom. The molecule has 2 rings (SSSR count). The summed E-state index contributed by atoms with van der Waals surface area (Å²) >= 11 is 0. The Labute approximate surface area is 109 Å². The molecule has 0 spiro atoms. The van der Waals surface area contributed by atoms with Gasteiger partial charge in [0.05, 0.1) is 12.1 Å². The molecule has 1 saturated heterocycles. The number of ketones is 1. The Kier molecular flexibility index (Phi) is 4.15. The Hall–Kier alpha value is -1.19. The molecule has 2 unspecified atom stereocenters. The number of methoxy groups -OCH3 is 1. The van der Waals surface area contributed by atoms with Crippen molar-refractivity contribution in [2.24, 2.45) is 0 Å². The highest BCUT2D eigenvalue weighted by atomic mass is 16.5. The van der Waals surface area contributed by atoms with Crippen LogP contribution in [0.25, 0.3) is 0 Å². The van der Waals surface area contributed by atoms with Crippen LogP contribution < -0.4 is 0 Å². The number of likely N-dealkylation sites (tertiary alicyclic amines) is 1. The number of hydrogen-bond acceptors (Lipinski definition) is 3. The molecule has 3 heteroatoms. The van der Waals surface area contributed by atoms with Crippen molar-refractivity contribution < 1.29 is 9.53 Å². The Morgan fingerprint density at radius 3 is 2.61 bits per heavy atom. The lowest BCUT2D eigenvalue weighted by atomic mass is 10.0. The second-order valence-corrected chi connectivity index (χ2v) is 5.05. The Bertz CT molecular complexity index is 413. The lowest BCUT2D eigenvalue weighted by molar-refractivity contribution is 0.0801. The molecule has 0 saturated carbocycles. The van der Waals surface area contributed by atoms with Crippen LogP contribution in [0, 0.1) is 6.92 Å². The van der Waals surface area contributed by atoms with Gasteiger partial charge in [0.15, 0.2) is 5.78 Å². The van der Waals surface area contributed by atoms with E-state index in [2.05, 4.69) is 4.90 Å². The van der Waals surface area contributed by atoms with Gasteiger partial charge in [-0.2, -0.15) is 0 Å². The lowest BCUT2D eigenvalue weighted by Gasteiger charge is -2.23. The molecule has 2 atom stereocenters. The minimum atomic E-state index is -0.0622. The van der Waals surface area contributed by atoms with Crippen LogP contribution in [0.5, 0.6) is 0 Å². The van der Waals surface area contributed by atoms with Crippen LogP contribution in [0.1, 0.15) is 29.3 Å². The lowest BCUT2D eigenvalue weighted by Crippen LogP contribution is -2.38. The maximum absolute atomic E-state index is 12.4. The number of rotatable bonds is 4. The normalized spacial score (nSPS) is 22.1. The molecule has 1 aromatic rings. The summed E-state index contributed by atoms with van der Waals surface area (Å²) in [6.45, 7) is 5.81. The molecule has 0 N–H and O–H groups in total. The standard InChI is InChI=1S/C15H21NO2/c1-11-4-6-13(7-5-11)15(17)12(2)16-9-8-14(10-16)18-3/h4-7,12,14H,8-10H2,1-3H3. The highest BCUT2D eigenvalue weighted by molar-refractivity contribution is 5.99. The number of carbonyl (C=O) groups excluding carboxylic acids is 1. The SMILES string of the molecule is COC1CCN(C(C)C(=O)c2ccc(C)cc2)C1. The minimum absolute atomic E-state index is 0.0622. The number of benzene rings is 1. The van der Waals surface area contributed by atoms with Crippen molar-refractivity contribution in [1.82, 2.24) is 4.90 Å². The number of carbonyl (C=O) groups is 1. The largest absolute Gasteiger partial charge is 0.380 e. The predicted octanol–water partition coefficient (Wildman–Crippen LogP) is 2.29. The van der Waals surface area contributed by atoms with E-state index in [1.54, 1.807) is 7.11 Å². The van der Waals surface area contributed by atoms with E-state index in [1.165, 1.54) is 5.56 Å². The summed E-state index contributed by atoms with van der Waals surface area (Å²) < 4.78 is 5.34. The highest BCUT2D eigenvalue weighted by Gasteiger charge is 2.29. The third kappa shape index (κ3) is 2.79. The summed E-state index contributed by atoms with van der Waals surface area (Å²) in [5, 5.41) is 0. The van der Waals surface area contributed by atoms with E-state index >= 15 is 0 Å². The molecule has 0 radical (unpaired) electrons. The third-order valence-corrected chi connectivity index (χ3v) is 3.77. The van der Waals surface area contributed by atoms with Crippen LogP contribution in [-0.4, -0.2) is 43.0 Å². The maximum Gasteiger partial charge on any atom is 0.179 e. The van der Waals surface area contributed by atoms with Crippen molar-refractivity contribution in [1.29, 1.82) is 0 Å². The topological polar surface area (TPSA) is 29.5 Å². The van der Waals surface area contributed by atoms with Crippen molar-refractivity contribution in [3.05, 3.63) is 35.4 Å². The molecular weight excluding hydrogens is 226 g/mol. The molecule has 98 valence electrons. The zero-order chi connectivity index (χ0) is 13.1. The van der Waals surface area contributed by atoms with Gasteiger partial charge in [0.2, 0.25) is 0 Å². The van der Waals surface area contributed by atoms with Crippen molar-refractivity contribution in [3.8, 4) is 0 Å². The van der Waals surface area contributed by atoms with Gasteiger partial charge in [-0.1, -0.05) is 29.8 Å². The zero-order valence-electron chi connectivity index (χ0n) is 11.3. The summed E-state index contributed by atoms with van der Waals surface area (Å²) in [6.07, 6.45) is 1.29. The molecule has 0 amide bonds. The van der Waals surface area contributed by atoms with Crippen LogP contribution in [0.3, 0.4) is 0 Å². The van der Waals surface area contributed by atoms with Crippen LogP contribution in [0.15, 0.2) is 24.3 Å². The number of Topliss-reactive ketones (excluding diaryl/α,β-unsaturated/α-hetero) is 1. The molecule has 1 heterocycles. The number of aryl methyl sites for hydroxylation is 1. The number of hydrogen-bond donors (Lipinski definition) is 0. The van der Waals surface area contributed by atoms with E-state index in [9.17, 15) is 4.79 Å². The van der Waals surface area contributed by atoms with Crippen LogP contribution >= 0.6 is 0 Å². The molecule has 3 nitrogen and oxygen atoms in total. The van der Waals surface area contributed by atoms with Crippen molar-refractivity contribution >= 4 is 5.78 Å². The predicted molar refractivity (Wildman–Crippen MR) is 72.0 cm³/mol. The molecule has 1 aliphatic heterocycles. The van der Waals surface area contributed by atoms with Gasteiger partial charge >= 0.3 is 0 Å². The number of nitrogens with zero attached hydrogens (tertiary/aromatic N) is 1. The maximum atomic E-state index is 12.4. The van der Waals surface area contributed by atoms with Crippen LogP contribution in [0.2, 0.25) is 0 Å². The van der Waals surface area contributed by atoms with E-state index < -0.39 is 0 Å². The van der Waals surface area contributed by atoms with Gasteiger partial charge in [-0.25, -0.2) is 0 Å². The molecule has 1 fully saturated rings. The van der Waals surface area contributed by atoms with Gasteiger partial charge in [0, 0.05) is 25.8 Å². The first-order chi connectivity index (χ1) is 8.61. The van der Waals surface area contributed by atoms with E-state index in [-0.39, 0.29) is 17.9 Å². The third-order valence-electron chi connectivity index (χ3n) is 3.77. The van der Waals surface area contributed by atoms with E-state index in [4.69, 9.17) is 4.74 Å². The van der Waals surface area contributed by atoms with Crippen molar-refractivity contribution in [2.45, 2.75) is 32.4 Å². The quantitative estimate of drug-likeness (QED) is 0.765. The van der Waals surface area contributed by atoms with E-state index in [1.807, 2.05) is 38.1 Å². The first-order valence-corrected chi connectivity index (χ1v) is 6.49. The van der Waals surface area contributed by atoms with Gasteiger partial charge in [-0.15, -0.1) is 0 Å². The van der Waals surface area contributed by atoms with E-state index in [0.29, 0.717) is 0 Å². The van der Waals surface area contributed by atoms with Gasteiger partial charge in [0.25, 0.3) is 0 Å². The van der Waals surface area contributed by atoms with Crippen LogP contribution in [0.4, 0.5) is 0 Å². The molecule has 0 aliphatic carbocycles. The summed E-state index contributed by atoms with van der Waals surface area (Å²) in [7, 11) is 1.74. The first-order valence-electron chi connectivity index (χ1n) is 6.49. The van der Waals surface area contributed by atoms with Crippen molar-refractivity contribution in [2.75, 3.05) is 20.2 Å². The monoisotopic (exact) mass is 247 g/mol. The van der Waals surface area contributed by atoms with E-state index in [0.717, 1.165) is 25.1 Å². The molecular formula is C15H21NO2. The summed E-state index contributed by atoms with van der Waals surface area (Å²) in [4.78, 5) is 14.6. The van der Waals surface area contributed by atoms with Crippen molar-refractivity contribution in [3.63, 3.8) is 0 Å². The molecule has 0 aromatic heterocycles. The van der Waals surface area contributed by atoms with Gasteiger partial charge in [-0.05, 0) is 20.3 Å². The average Bonchev–Trinajstić information content (AvgIpc) is 2.86. The summed E-state index contributed by atoms with van der Waals surface area (Å²) in [6, 6.07) is 7.74. The second-order valence-electron chi connectivity index (χ2n) is 5.05. The minimum Gasteiger partial charge on any atom is -0.380 e. The van der Waals surface area contributed by atoms with Gasteiger partial charge in [0.1, 0.15) is 0 Å². The molecule has 1 aliphatic rings. The Morgan fingerprint density at radius 2 is 2.06 bits per heavy atom. The van der Waals surface area contributed by atoms with Gasteiger partial charge < -0.3 is 4.74 Å². The summed E-state index contributed by atoms with van der Waals surface area (Å²) in [5.74, 6) is 0.201. The Balaban J connectivity index is 2.03. The number of ether oxygens (including phenoxy) is 1. The smallest absolute Gasteiger partial charge is 0.179 e. The summed E-state index contributed by atoms with van der Waals surface area (Å²) in [5.41, 5.74) is 1.98. The fraction of sp³-hybridized carbons (Fsp3) is 0.533. The second kappa shape index (κ2) is 5.63. The zero-order valence-corrected chi connectivity index (χ0v) is 11.3. The van der Waals surface area contributed by atoms with Gasteiger partial charge in [-0.3, -0.25) is 9.69 Å². The molecule has 1 aromatic carbocycles. The highest BCUT2D eigenvalue weighted by Crippen LogP contribution is 2.18. The molecule has 0 bridgehead atoms. The average molecular weight is 247 g/mol. The van der Waals surface area contributed by atoms with Crippen LogP contribution in [-0.2, 0) is 4.74 Å². The fourth-order valence-corrected chi connectivity index (χ4v) is 2.42. The fourth-order valence-electron chi connectivity index (χ4n) is 2.42. The molecule has 18 heavy (non-hydrogen) atoms.